The Kier molecular flexibility index (Phi) is 27.8. The van der Waals surface area contributed by atoms with Crippen molar-refractivity contribution in [2.24, 2.45) is 0 Å². The van der Waals surface area contributed by atoms with Crippen LogP contribution in [0.25, 0.3) is 0 Å². The molecule has 0 aromatic carbocycles. The van der Waals surface area contributed by atoms with E-state index in [2.05, 4.69) is 0 Å². The minimum atomic E-state index is 0. The predicted octanol–water partition coefficient (Wildman–Crippen LogP) is 3.36. The first-order chi connectivity index (χ1) is 3.50. The van der Waals surface area contributed by atoms with Gasteiger partial charge in [0.1, 0.15) is 0 Å². The standard InChI is InChI=1S/C4H4S.C2H6.ClH.H3N/c1-2-4-5-3-1;1-2;;/h1-4H;1-2H3;1H;1H3. The summed E-state index contributed by atoms with van der Waals surface area (Å²) in [5.41, 5.74) is 0. The van der Waals surface area contributed by atoms with E-state index in [1.165, 1.54) is 0 Å². The van der Waals surface area contributed by atoms with Crippen molar-refractivity contribution in [2.45, 2.75) is 13.8 Å². The highest BCUT2D eigenvalue weighted by molar-refractivity contribution is 7.07. The Hall–Kier alpha value is -0.0500. The molecule has 0 spiro atoms. The molecule has 3 heteroatoms. The van der Waals surface area contributed by atoms with Crippen molar-refractivity contribution >= 4 is 23.7 Å². The van der Waals surface area contributed by atoms with Gasteiger partial charge in [0.15, 0.2) is 0 Å². The summed E-state index contributed by atoms with van der Waals surface area (Å²) in [6.07, 6.45) is 0. The maximum absolute atomic E-state index is 2.04. The van der Waals surface area contributed by atoms with Gasteiger partial charge in [-0.1, -0.05) is 26.0 Å². The molecule has 1 aromatic heterocycles. The number of hydrogen-bond acceptors (Lipinski definition) is 2. The average Bonchev–Trinajstić information content (AvgIpc) is 2.23. The molecule has 0 radical (unpaired) electrons. The highest BCUT2D eigenvalue weighted by Gasteiger charge is 1.58. The molecular weight excluding hydrogens is 154 g/mol. The number of hydrogen-bond donors (Lipinski definition) is 1. The molecule has 0 aliphatic heterocycles. The molecule has 0 saturated carbocycles. The van der Waals surface area contributed by atoms with Crippen molar-refractivity contribution in [1.29, 1.82) is 0 Å². The second kappa shape index (κ2) is 15.7. The van der Waals surface area contributed by atoms with Crippen molar-refractivity contribution < 1.29 is 0 Å². The lowest BCUT2D eigenvalue weighted by molar-refractivity contribution is 1.50. The third-order valence-electron chi connectivity index (χ3n) is 0.425. The van der Waals surface area contributed by atoms with Crippen molar-refractivity contribution in [3.05, 3.63) is 22.9 Å². The molecular formula is C6H14ClNS. The lowest BCUT2D eigenvalue weighted by Crippen LogP contribution is -1.16. The number of rotatable bonds is 0. The summed E-state index contributed by atoms with van der Waals surface area (Å²) in [4.78, 5) is 0. The molecule has 0 atom stereocenters. The fourth-order valence-electron chi connectivity index (χ4n) is 0.227. The second-order valence-corrected chi connectivity index (χ2v) is 1.61. The Labute approximate surface area is 67.1 Å². The van der Waals surface area contributed by atoms with Crippen LogP contribution in [0.15, 0.2) is 22.9 Å². The summed E-state index contributed by atoms with van der Waals surface area (Å²) in [6.45, 7) is 4.00. The van der Waals surface area contributed by atoms with Crippen molar-refractivity contribution in [3.8, 4) is 0 Å². The summed E-state index contributed by atoms with van der Waals surface area (Å²) in [6, 6.07) is 4.04. The first-order valence-electron chi connectivity index (χ1n) is 2.47. The SMILES string of the molecule is CC.Cl.N.c1ccsc1. The van der Waals surface area contributed by atoms with Gasteiger partial charge in [-0.25, -0.2) is 0 Å². The van der Waals surface area contributed by atoms with Gasteiger partial charge in [-0.3, -0.25) is 0 Å². The lowest BCUT2D eigenvalue weighted by Gasteiger charge is -1.39. The van der Waals surface area contributed by atoms with Gasteiger partial charge in [-0.2, -0.15) is 11.3 Å². The van der Waals surface area contributed by atoms with E-state index in [0.717, 1.165) is 0 Å². The monoisotopic (exact) mass is 167 g/mol. The summed E-state index contributed by atoms with van der Waals surface area (Å²) in [5, 5.41) is 4.08. The summed E-state index contributed by atoms with van der Waals surface area (Å²) in [7, 11) is 0. The fourth-order valence-corrected chi connectivity index (χ4v) is 0.680. The Morgan fingerprint density at radius 1 is 1.00 bits per heavy atom. The molecule has 9 heavy (non-hydrogen) atoms. The van der Waals surface area contributed by atoms with E-state index in [1.807, 2.05) is 36.7 Å². The van der Waals surface area contributed by atoms with Gasteiger partial charge in [0, 0.05) is 0 Å². The number of halogens is 1. The smallest absolute Gasteiger partial charge is 0.00934 e. The van der Waals surface area contributed by atoms with E-state index in [1.54, 1.807) is 11.3 Å². The first kappa shape index (κ1) is 16.0. The van der Waals surface area contributed by atoms with E-state index in [9.17, 15) is 0 Å². The van der Waals surface area contributed by atoms with Crippen LogP contribution in [-0.4, -0.2) is 0 Å². The van der Waals surface area contributed by atoms with Gasteiger partial charge in [0.2, 0.25) is 0 Å². The van der Waals surface area contributed by atoms with Crippen LogP contribution in [0.3, 0.4) is 0 Å². The van der Waals surface area contributed by atoms with Crippen LogP contribution in [0, 0.1) is 0 Å². The van der Waals surface area contributed by atoms with Crippen LogP contribution in [0.1, 0.15) is 13.8 Å². The van der Waals surface area contributed by atoms with Crippen LogP contribution < -0.4 is 6.15 Å². The predicted molar refractivity (Wildman–Crippen MR) is 47.9 cm³/mol. The normalized spacial score (nSPS) is 5.11. The highest BCUT2D eigenvalue weighted by atomic mass is 35.5. The molecule has 1 aromatic rings. The molecule has 3 N–H and O–H groups in total. The summed E-state index contributed by atoms with van der Waals surface area (Å²) >= 11 is 1.71. The molecule has 1 heterocycles. The van der Waals surface area contributed by atoms with Crippen molar-refractivity contribution in [2.75, 3.05) is 0 Å². The van der Waals surface area contributed by atoms with Crippen molar-refractivity contribution in [1.82, 2.24) is 6.15 Å². The topological polar surface area (TPSA) is 35.0 Å². The maximum Gasteiger partial charge on any atom is -0.00934 e. The quantitative estimate of drug-likeness (QED) is 0.632. The zero-order valence-electron chi connectivity index (χ0n) is 5.83. The molecule has 0 bridgehead atoms. The molecule has 0 aliphatic rings. The average molecular weight is 168 g/mol. The van der Waals surface area contributed by atoms with Crippen LogP contribution in [-0.2, 0) is 0 Å². The van der Waals surface area contributed by atoms with Crippen molar-refractivity contribution in [3.63, 3.8) is 0 Å². The van der Waals surface area contributed by atoms with Crippen LogP contribution in [0.2, 0.25) is 0 Å². The van der Waals surface area contributed by atoms with E-state index < -0.39 is 0 Å². The van der Waals surface area contributed by atoms with E-state index >= 15 is 0 Å². The van der Waals surface area contributed by atoms with Crippen LogP contribution in [0.5, 0.6) is 0 Å². The third kappa shape index (κ3) is 11.5. The zero-order valence-corrected chi connectivity index (χ0v) is 7.47. The van der Waals surface area contributed by atoms with Gasteiger partial charge in [0.25, 0.3) is 0 Å². The van der Waals surface area contributed by atoms with Gasteiger partial charge in [-0.05, 0) is 10.8 Å². The zero-order chi connectivity index (χ0) is 5.54. The Balaban J connectivity index is -0.0000000836. The molecule has 0 unspecified atom stereocenters. The highest BCUT2D eigenvalue weighted by Crippen LogP contribution is 1.91. The summed E-state index contributed by atoms with van der Waals surface area (Å²) < 4.78 is 0. The molecule has 1 nitrogen and oxygen atoms in total. The fraction of sp³-hybridized carbons (Fsp3) is 0.333. The molecule has 56 valence electrons. The minimum absolute atomic E-state index is 0. The van der Waals surface area contributed by atoms with Gasteiger partial charge in [0.05, 0.1) is 0 Å². The third-order valence-corrected chi connectivity index (χ3v) is 1.05. The molecule has 1 rings (SSSR count). The van der Waals surface area contributed by atoms with Gasteiger partial charge < -0.3 is 6.15 Å². The molecule has 0 saturated heterocycles. The Bertz CT molecular complexity index is 69.5. The molecule has 0 aliphatic carbocycles. The van der Waals surface area contributed by atoms with Gasteiger partial charge in [-0.15, -0.1) is 12.4 Å². The first-order valence-corrected chi connectivity index (χ1v) is 3.41. The number of thiophene rings is 1. The van der Waals surface area contributed by atoms with Crippen LogP contribution >= 0.6 is 23.7 Å². The Morgan fingerprint density at radius 3 is 1.44 bits per heavy atom. The Morgan fingerprint density at radius 2 is 1.33 bits per heavy atom. The van der Waals surface area contributed by atoms with E-state index in [0.29, 0.717) is 0 Å². The molecule has 0 amide bonds. The minimum Gasteiger partial charge on any atom is -0.344 e. The maximum atomic E-state index is 2.04. The van der Waals surface area contributed by atoms with Gasteiger partial charge >= 0.3 is 0 Å². The summed E-state index contributed by atoms with van der Waals surface area (Å²) in [5.74, 6) is 0. The molecule has 0 fully saturated rings. The second-order valence-electron chi connectivity index (χ2n) is 0.793. The van der Waals surface area contributed by atoms with E-state index in [-0.39, 0.29) is 18.6 Å². The largest absolute Gasteiger partial charge is 0.344 e. The van der Waals surface area contributed by atoms with E-state index in [4.69, 9.17) is 0 Å². The lowest BCUT2D eigenvalue weighted by atomic mass is 10.7. The van der Waals surface area contributed by atoms with Crippen LogP contribution in [0.4, 0.5) is 0 Å².